The molecular weight excluding hydrogens is 238 g/mol. The normalized spacial score (nSPS) is 16.1. The minimum Gasteiger partial charge on any atom is -0.274 e. The molecule has 0 N–H and O–H groups in total. The predicted molar refractivity (Wildman–Crippen MR) is 63.5 cm³/mol. The molecule has 1 aliphatic carbocycles. The van der Waals surface area contributed by atoms with Crippen molar-refractivity contribution in [2.24, 2.45) is 13.0 Å². The van der Waals surface area contributed by atoms with E-state index in [1.807, 2.05) is 0 Å². The molecule has 2 rings (SSSR count). The molecule has 17 heavy (non-hydrogen) atoms. The van der Waals surface area contributed by atoms with Gasteiger partial charge in [-0.25, -0.2) is 8.42 Å². The topological polar surface area (TPSA) is 55.2 Å². The number of hydrogen-bond donors (Lipinski definition) is 0. The number of aryl methyl sites for hydroxylation is 1. The van der Waals surface area contributed by atoms with Crippen LogP contribution in [0.25, 0.3) is 0 Å². The van der Waals surface area contributed by atoms with E-state index >= 15 is 0 Å². The van der Waals surface area contributed by atoms with Crippen LogP contribution in [-0.2, 0) is 17.1 Å². The molecule has 0 spiro atoms. The molecule has 1 fully saturated rings. The van der Waals surface area contributed by atoms with E-state index in [2.05, 4.69) is 11.0 Å². The highest BCUT2D eigenvalue weighted by molar-refractivity contribution is 7.89. The minimum absolute atomic E-state index is 0.119. The first kappa shape index (κ1) is 12.1. The van der Waals surface area contributed by atoms with Crippen LogP contribution >= 0.6 is 0 Å². The van der Waals surface area contributed by atoms with Crippen molar-refractivity contribution >= 4 is 10.0 Å². The molecule has 1 aromatic rings. The zero-order chi connectivity index (χ0) is 12.5. The Kier molecular flexibility index (Phi) is 3.22. The van der Waals surface area contributed by atoms with Crippen molar-refractivity contribution in [3.63, 3.8) is 0 Å². The fourth-order valence-electron chi connectivity index (χ4n) is 1.62. The average Bonchev–Trinajstić information content (AvgIpc) is 2.98. The van der Waals surface area contributed by atoms with Crippen LogP contribution in [-0.4, -0.2) is 35.6 Å². The summed E-state index contributed by atoms with van der Waals surface area (Å²) in [5.74, 6) is 2.87. The van der Waals surface area contributed by atoms with E-state index in [1.165, 1.54) is 21.4 Å². The summed E-state index contributed by atoms with van der Waals surface area (Å²) >= 11 is 0. The van der Waals surface area contributed by atoms with Crippen LogP contribution in [0.15, 0.2) is 17.3 Å². The van der Waals surface area contributed by atoms with Crippen molar-refractivity contribution in [1.29, 1.82) is 0 Å². The smallest absolute Gasteiger partial charge is 0.247 e. The lowest BCUT2D eigenvalue weighted by Gasteiger charge is -2.18. The van der Waals surface area contributed by atoms with Crippen LogP contribution in [0.5, 0.6) is 0 Å². The summed E-state index contributed by atoms with van der Waals surface area (Å²) in [6.45, 7) is 0.634. The number of hydrogen-bond acceptors (Lipinski definition) is 3. The van der Waals surface area contributed by atoms with Gasteiger partial charge in [0.2, 0.25) is 10.0 Å². The van der Waals surface area contributed by atoms with Crippen molar-refractivity contribution in [3.05, 3.63) is 12.4 Å². The van der Waals surface area contributed by atoms with Gasteiger partial charge in [-0.05, 0) is 18.8 Å². The molecule has 0 unspecified atom stereocenters. The Balaban J connectivity index is 2.24. The second-order valence-corrected chi connectivity index (χ2v) is 6.23. The van der Waals surface area contributed by atoms with Crippen LogP contribution in [0.4, 0.5) is 0 Å². The van der Waals surface area contributed by atoms with Crippen molar-refractivity contribution in [3.8, 4) is 12.3 Å². The number of aromatic nitrogens is 2. The van der Waals surface area contributed by atoms with Gasteiger partial charge < -0.3 is 0 Å². The molecular formula is C11H15N3O2S. The molecule has 0 radical (unpaired) electrons. The largest absolute Gasteiger partial charge is 0.274 e. The molecule has 1 aliphatic rings. The standard InChI is InChI=1S/C11H15N3O2S/c1-3-6-14(8-10-4-5-10)17(15,16)11-7-12-13(2)9-11/h1,7,9-10H,4-6,8H2,2H3. The van der Waals surface area contributed by atoms with E-state index in [1.54, 1.807) is 7.05 Å². The van der Waals surface area contributed by atoms with Gasteiger partial charge in [0.15, 0.2) is 0 Å². The summed E-state index contributed by atoms with van der Waals surface area (Å²) in [5, 5.41) is 3.88. The number of terminal acetylenes is 1. The second-order valence-electron chi connectivity index (χ2n) is 4.29. The van der Waals surface area contributed by atoms with E-state index in [4.69, 9.17) is 6.42 Å². The van der Waals surface area contributed by atoms with Gasteiger partial charge in [0.25, 0.3) is 0 Å². The van der Waals surface area contributed by atoms with Crippen molar-refractivity contribution in [2.45, 2.75) is 17.7 Å². The van der Waals surface area contributed by atoms with Gasteiger partial charge in [-0.3, -0.25) is 4.68 Å². The third kappa shape index (κ3) is 2.68. The zero-order valence-electron chi connectivity index (χ0n) is 9.70. The highest BCUT2D eigenvalue weighted by atomic mass is 32.2. The summed E-state index contributed by atoms with van der Waals surface area (Å²) < 4.78 is 27.4. The first-order chi connectivity index (χ1) is 8.04. The third-order valence-corrected chi connectivity index (χ3v) is 4.51. The second kappa shape index (κ2) is 4.51. The van der Waals surface area contributed by atoms with Gasteiger partial charge in [0, 0.05) is 19.8 Å². The Morgan fingerprint density at radius 2 is 2.35 bits per heavy atom. The lowest BCUT2D eigenvalue weighted by atomic mass is 10.4. The van der Waals surface area contributed by atoms with Crippen molar-refractivity contribution < 1.29 is 8.42 Å². The summed E-state index contributed by atoms with van der Waals surface area (Å²) in [5.41, 5.74) is 0. The van der Waals surface area contributed by atoms with Crippen LogP contribution in [0, 0.1) is 18.3 Å². The SMILES string of the molecule is C#CCN(CC1CC1)S(=O)(=O)c1cnn(C)c1. The van der Waals surface area contributed by atoms with Gasteiger partial charge in [0.05, 0.1) is 12.7 Å². The van der Waals surface area contributed by atoms with E-state index in [0.717, 1.165) is 12.8 Å². The van der Waals surface area contributed by atoms with Crippen LogP contribution in [0.3, 0.4) is 0 Å². The fraction of sp³-hybridized carbons (Fsp3) is 0.545. The lowest BCUT2D eigenvalue weighted by Crippen LogP contribution is -2.33. The Hall–Kier alpha value is -1.32. The van der Waals surface area contributed by atoms with E-state index in [-0.39, 0.29) is 11.4 Å². The molecule has 0 aromatic carbocycles. The predicted octanol–water partition coefficient (Wildman–Crippen LogP) is 0.454. The first-order valence-corrected chi connectivity index (χ1v) is 6.90. The maximum Gasteiger partial charge on any atom is 0.247 e. The van der Waals surface area contributed by atoms with Gasteiger partial charge in [0.1, 0.15) is 4.90 Å². The Morgan fingerprint density at radius 3 is 2.82 bits per heavy atom. The Labute approximate surface area is 101 Å². The van der Waals surface area contributed by atoms with Crippen LogP contribution in [0.1, 0.15) is 12.8 Å². The molecule has 0 amide bonds. The maximum absolute atomic E-state index is 12.3. The lowest BCUT2D eigenvalue weighted by molar-refractivity contribution is 0.430. The van der Waals surface area contributed by atoms with Crippen LogP contribution < -0.4 is 0 Å². The number of sulfonamides is 1. The zero-order valence-corrected chi connectivity index (χ0v) is 10.5. The van der Waals surface area contributed by atoms with Gasteiger partial charge >= 0.3 is 0 Å². The molecule has 0 bridgehead atoms. The summed E-state index contributed by atoms with van der Waals surface area (Å²) in [6.07, 6.45) is 10.2. The number of nitrogens with zero attached hydrogens (tertiary/aromatic N) is 3. The highest BCUT2D eigenvalue weighted by Crippen LogP contribution is 2.31. The third-order valence-electron chi connectivity index (χ3n) is 2.75. The monoisotopic (exact) mass is 253 g/mol. The Bertz CT molecular complexity index is 537. The maximum atomic E-state index is 12.3. The molecule has 1 heterocycles. The van der Waals surface area contributed by atoms with Crippen molar-refractivity contribution in [2.75, 3.05) is 13.1 Å². The van der Waals surface area contributed by atoms with E-state index in [0.29, 0.717) is 12.5 Å². The minimum atomic E-state index is -3.49. The quantitative estimate of drug-likeness (QED) is 0.716. The Morgan fingerprint density at radius 1 is 1.65 bits per heavy atom. The summed E-state index contributed by atoms with van der Waals surface area (Å²) in [4.78, 5) is 0.205. The molecule has 6 heteroatoms. The fourth-order valence-corrected chi connectivity index (χ4v) is 3.03. The van der Waals surface area contributed by atoms with Gasteiger partial charge in [-0.1, -0.05) is 5.92 Å². The molecule has 5 nitrogen and oxygen atoms in total. The van der Waals surface area contributed by atoms with E-state index in [9.17, 15) is 8.42 Å². The van der Waals surface area contributed by atoms with Crippen LogP contribution in [0.2, 0.25) is 0 Å². The average molecular weight is 253 g/mol. The molecule has 92 valence electrons. The molecule has 0 aliphatic heterocycles. The molecule has 0 saturated heterocycles. The van der Waals surface area contributed by atoms with Gasteiger partial charge in [-0.15, -0.1) is 6.42 Å². The molecule has 1 saturated carbocycles. The first-order valence-electron chi connectivity index (χ1n) is 5.46. The number of rotatable bonds is 5. The molecule has 1 aromatic heterocycles. The summed E-state index contributed by atoms with van der Waals surface area (Å²) in [7, 11) is -1.80. The van der Waals surface area contributed by atoms with Crippen molar-refractivity contribution in [1.82, 2.24) is 14.1 Å². The molecule has 0 atom stereocenters. The summed E-state index contributed by atoms with van der Waals surface area (Å²) in [6, 6.07) is 0. The highest BCUT2D eigenvalue weighted by Gasteiger charge is 2.31. The van der Waals surface area contributed by atoms with Gasteiger partial charge in [-0.2, -0.15) is 9.40 Å². The van der Waals surface area contributed by atoms with E-state index < -0.39 is 10.0 Å².